The molecule has 112 valence electrons. The lowest BCUT2D eigenvalue weighted by Crippen LogP contribution is -2.26. The fraction of sp³-hybridized carbons (Fsp3) is 0.625. The molecule has 2 rings (SSSR count). The van der Waals surface area contributed by atoms with Crippen molar-refractivity contribution in [2.75, 3.05) is 18.1 Å². The molecular weight excluding hydrogens is 270 g/mol. The van der Waals surface area contributed by atoms with Gasteiger partial charge in [-0.1, -0.05) is 38.1 Å². The first kappa shape index (κ1) is 15.5. The standard InChI is InChI=1S/C16H25NO2S/c1-12(2)14-5-3-13(4-6-14)9-16(10-17)15-7-8-20(18,19)11-15/h3-6,12,15-16H,7-11,17H2,1-2H3. The van der Waals surface area contributed by atoms with Gasteiger partial charge in [-0.3, -0.25) is 0 Å². The molecule has 2 unspecified atom stereocenters. The Hall–Kier alpha value is -0.870. The van der Waals surface area contributed by atoms with Crippen LogP contribution in [0.1, 0.15) is 37.3 Å². The van der Waals surface area contributed by atoms with Gasteiger partial charge in [0.15, 0.2) is 9.84 Å². The van der Waals surface area contributed by atoms with Crippen molar-refractivity contribution in [2.24, 2.45) is 17.6 Å². The van der Waals surface area contributed by atoms with E-state index in [1.807, 2.05) is 0 Å². The van der Waals surface area contributed by atoms with Gasteiger partial charge in [0.05, 0.1) is 11.5 Å². The Balaban J connectivity index is 2.03. The van der Waals surface area contributed by atoms with Gasteiger partial charge in [0.2, 0.25) is 0 Å². The lowest BCUT2D eigenvalue weighted by atomic mass is 9.86. The predicted molar refractivity (Wildman–Crippen MR) is 83.5 cm³/mol. The molecule has 3 nitrogen and oxygen atoms in total. The first-order valence-electron chi connectivity index (χ1n) is 7.40. The molecule has 1 heterocycles. The lowest BCUT2D eigenvalue weighted by Gasteiger charge is -2.21. The van der Waals surface area contributed by atoms with E-state index in [0.717, 1.165) is 12.8 Å². The Labute approximate surface area is 122 Å². The normalized spacial score (nSPS) is 23.1. The molecule has 1 aliphatic rings. The monoisotopic (exact) mass is 295 g/mol. The Morgan fingerprint density at radius 1 is 1.25 bits per heavy atom. The third-order valence-electron chi connectivity index (χ3n) is 4.38. The zero-order chi connectivity index (χ0) is 14.8. The van der Waals surface area contributed by atoms with Crippen molar-refractivity contribution in [3.8, 4) is 0 Å². The van der Waals surface area contributed by atoms with E-state index in [9.17, 15) is 8.42 Å². The molecule has 0 radical (unpaired) electrons. The van der Waals surface area contributed by atoms with Gasteiger partial charge >= 0.3 is 0 Å². The van der Waals surface area contributed by atoms with Crippen LogP contribution in [0.3, 0.4) is 0 Å². The van der Waals surface area contributed by atoms with Crippen molar-refractivity contribution in [3.05, 3.63) is 35.4 Å². The summed E-state index contributed by atoms with van der Waals surface area (Å²) in [6.45, 7) is 4.92. The summed E-state index contributed by atoms with van der Waals surface area (Å²) >= 11 is 0. The summed E-state index contributed by atoms with van der Waals surface area (Å²) in [5, 5.41) is 0. The molecule has 4 heteroatoms. The largest absolute Gasteiger partial charge is 0.330 e. The van der Waals surface area contributed by atoms with Crippen molar-refractivity contribution in [1.29, 1.82) is 0 Å². The Morgan fingerprint density at radius 2 is 1.90 bits per heavy atom. The molecule has 0 bridgehead atoms. The van der Waals surface area contributed by atoms with Crippen LogP contribution in [-0.2, 0) is 16.3 Å². The zero-order valence-corrected chi connectivity index (χ0v) is 13.2. The summed E-state index contributed by atoms with van der Waals surface area (Å²) in [5.41, 5.74) is 8.47. The summed E-state index contributed by atoms with van der Waals surface area (Å²) in [7, 11) is -2.82. The van der Waals surface area contributed by atoms with Gasteiger partial charge in [-0.15, -0.1) is 0 Å². The van der Waals surface area contributed by atoms with Gasteiger partial charge in [-0.05, 0) is 48.3 Å². The SMILES string of the molecule is CC(C)c1ccc(CC(CN)C2CCS(=O)(=O)C2)cc1. The van der Waals surface area contributed by atoms with Gasteiger partial charge in [0.1, 0.15) is 0 Å². The first-order valence-corrected chi connectivity index (χ1v) is 9.22. The fourth-order valence-electron chi connectivity index (χ4n) is 2.98. The summed E-state index contributed by atoms with van der Waals surface area (Å²) in [6, 6.07) is 8.64. The topological polar surface area (TPSA) is 60.2 Å². The second kappa shape index (κ2) is 6.27. The predicted octanol–water partition coefficient (Wildman–Crippen LogP) is 2.36. The number of nitrogens with two attached hydrogens (primary N) is 1. The van der Waals surface area contributed by atoms with Gasteiger partial charge < -0.3 is 5.73 Å². The number of rotatable bonds is 5. The molecule has 20 heavy (non-hydrogen) atoms. The van der Waals surface area contributed by atoms with Crippen LogP contribution in [0.15, 0.2) is 24.3 Å². The highest BCUT2D eigenvalue weighted by Crippen LogP contribution is 2.28. The Kier molecular flexibility index (Phi) is 4.86. The Morgan fingerprint density at radius 3 is 2.35 bits per heavy atom. The molecule has 2 atom stereocenters. The van der Waals surface area contributed by atoms with Crippen LogP contribution in [0.5, 0.6) is 0 Å². The van der Waals surface area contributed by atoms with Crippen LogP contribution in [0, 0.1) is 11.8 Å². The molecule has 1 saturated heterocycles. The maximum atomic E-state index is 11.6. The molecular formula is C16H25NO2S. The van der Waals surface area contributed by atoms with E-state index in [1.165, 1.54) is 11.1 Å². The average Bonchev–Trinajstić information content (AvgIpc) is 2.76. The number of hydrogen-bond donors (Lipinski definition) is 1. The Bertz CT molecular complexity index is 534. The van der Waals surface area contributed by atoms with Crippen LogP contribution >= 0.6 is 0 Å². The summed E-state index contributed by atoms with van der Waals surface area (Å²) < 4.78 is 23.2. The van der Waals surface area contributed by atoms with Gasteiger partial charge in [0, 0.05) is 0 Å². The number of benzene rings is 1. The van der Waals surface area contributed by atoms with E-state index in [0.29, 0.717) is 24.0 Å². The van der Waals surface area contributed by atoms with E-state index in [-0.39, 0.29) is 11.8 Å². The molecule has 0 aliphatic carbocycles. The second-order valence-electron chi connectivity index (χ2n) is 6.26. The van der Waals surface area contributed by atoms with Gasteiger partial charge in [-0.25, -0.2) is 8.42 Å². The third kappa shape index (κ3) is 3.83. The first-order chi connectivity index (χ1) is 9.41. The van der Waals surface area contributed by atoms with E-state index in [1.54, 1.807) is 0 Å². The van der Waals surface area contributed by atoms with Crippen molar-refractivity contribution < 1.29 is 8.42 Å². The van der Waals surface area contributed by atoms with E-state index in [2.05, 4.69) is 38.1 Å². The molecule has 2 N–H and O–H groups in total. The minimum Gasteiger partial charge on any atom is -0.330 e. The molecule has 1 aromatic rings. The van der Waals surface area contributed by atoms with E-state index in [4.69, 9.17) is 5.73 Å². The zero-order valence-electron chi connectivity index (χ0n) is 12.4. The maximum absolute atomic E-state index is 11.6. The highest BCUT2D eigenvalue weighted by molar-refractivity contribution is 7.91. The lowest BCUT2D eigenvalue weighted by molar-refractivity contribution is 0.370. The summed E-state index contributed by atoms with van der Waals surface area (Å²) in [4.78, 5) is 0. The van der Waals surface area contributed by atoms with Gasteiger partial charge in [0.25, 0.3) is 0 Å². The minimum atomic E-state index is -2.82. The van der Waals surface area contributed by atoms with Crippen molar-refractivity contribution in [2.45, 2.75) is 32.6 Å². The molecule has 0 aromatic heterocycles. The van der Waals surface area contributed by atoms with Crippen molar-refractivity contribution >= 4 is 9.84 Å². The van der Waals surface area contributed by atoms with E-state index >= 15 is 0 Å². The van der Waals surface area contributed by atoms with Crippen LogP contribution in [0.4, 0.5) is 0 Å². The fourth-order valence-corrected chi connectivity index (χ4v) is 4.90. The molecule has 1 aromatic carbocycles. The van der Waals surface area contributed by atoms with Crippen LogP contribution < -0.4 is 5.73 Å². The van der Waals surface area contributed by atoms with E-state index < -0.39 is 9.84 Å². The summed E-state index contributed by atoms with van der Waals surface area (Å²) in [6.07, 6.45) is 1.66. The molecule has 1 fully saturated rings. The third-order valence-corrected chi connectivity index (χ3v) is 6.18. The van der Waals surface area contributed by atoms with Crippen molar-refractivity contribution in [1.82, 2.24) is 0 Å². The van der Waals surface area contributed by atoms with Gasteiger partial charge in [-0.2, -0.15) is 0 Å². The highest BCUT2D eigenvalue weighted by atomic mass is 32.2. The van der Waals surface area contributed by atoms with Crippen LogP contribution in [0.2, 0.25) is 0 Å². The van der Waals surface area contributed by atoms with Crippen LogP contribution in [-0.4, -0.2) is 26.5 Å². The molecule has 0 spiro atoms. The number of sulfone groups is 1. The number of hydrogen-bond acceptors (Lipinski definition) is 3. The minimum absolute atomic E-state index is 0.231. The summed E-state index contributed by atoms with van der Waals surface area (Å²) in [5.74, 6) is 1.70. The average molecular weight is 295 g/mol. The second-order valence-corrected chi connectivity index (χ2v) is 8.49. The maximum Gasteiger partial charge on any atom is 0.150 e. The smallest absolute Gasteiger partial charge is 0.150 e. The molecule has 1 aliphatic heterocycles. The van der Waals surface area contributed by atoms with Crippen molar-refractivity contribution in [3.63, 3.8) is 0 Å². The molecule has 0 amide bonds. The van der Waals surface area contributed by atoms with Crippen LogP contribution in [0.25, 0.3) is 0 Å². The molecule has 0 saturated carbocycles. The quantitative estimate of drug-likeness (QED) is 0.907. The highest BCUT2D eigenvalue weighted by Gasteiger charge is 2.32.